The highest BCUT2D eigenvalue weighted by Gasteiger charge is 2.37. The summed E-state index contributed by atoms with van der Waals surface area (Å²) in [7, 11) is 0. The van der Waals surface area contributed by atoms with Crippen LogP contribution in [0.15, 0.2) is 48.3 Å². The van der Waals surface area contributed by atoms with Crippen LogP contribution in [0.5, 0.6) is 0 Å². The van der Waals surface area contributed by atoms with Crippen LogP contribution in [-0.2, 0) is 6.18 Å². The molecule has 0 radical (unpaired) electrons. The fourth-order valence-corrected chi connectivity index (χ4v) is 4.13. The van der Waals surface area contributed by atoms with Crippen molar-refractivity contribution >= 4 is 11.6 Å². The lowest BCUT2D eigenvalue weighted by Gasteiger charge is -2.35. The summed E-state index contributed by atoms with van der Waals surface area (Å²) in [5, 5.41) is 3.88. The molecule has 1 fully saturated rings. The molecule has 1 amide bonds. The summed E-state index contributed by atoms with van der Waals surface area (Å²) in [6, 6.07) is 8.04. The van der Waals surface area contributed by atoms with Crippen LogP contribution in [0.2, 0.25) is 0 Å². The molecule has 0 bridgehead atoms. The number of halogens is 3. The van der Waals surface area contributed by atoms with Gasteiger partial charge < -0.3 is 9.80 Å². The van der Waals surface area contributed by atoms with E-state index in [0.717, 1.165) is 34.8 Å². The van der Waals surface area contributed by atoms with Crippen molar-refractivity contribution in [3.8, 4) is 11.3 Å². The zero-order valence-corrected chi connectivity index (χ0v) is 16.9. The van der Waals surface area contributed by atoms with Crippen molar-refractivity contribution in [3.05, 3.63) is 65.1 Å². The monoisotopic (exact) mass is 427 g/mol. The Morgan fingerprint density at radius 2 is 1.87 bits per heavy atom. The van der Waals surface area contributed by atoms with Gasteiger partial charge in [-0.05, 0) is 19.4 Å². The Morgan fingerprint density at radius 3 is 2.61 bits per heavy atom. The number of hydrogen-bond donors (Lipinski definition) is 0. The van der Waals surface area contributed by atoms with Gasteiger partial charge in [-0.2, -0.15) is 18.3 Å². The van der Waals surface area contributed by atoms with Gasteiger partial charge in [-0.1, -0.05) is 35.9 Å². The van der Waals surface area contributed by atoms with Gasteiger partial charge in [0.25, 0.3) is 5.91 Å². The second kappa shape index (κ2) is 7.11. The molecule has 2 aromatic heterocycles. The van der Waals surface area contributed by atoms with Gasteiger partial charge in [0.15, 0.2) is 11.3 Å². The Morgan fingerprint density at radius 1 is 1.10 bits per heavy atom. The van der Waals surface area contributed by atoms with Crippen molar-refractivity contribution < 1.29 is 18.0 Å². The van der Waals surface area contributed by atoms with Crippen LogP contribution in [0.3, 0.4) is 0 Å². The number of rotatable bonds is 2. The van der Waals surface area contributed by atoms with Gasteiger partial charge in [0.2, 0.25) is 0 Å². The Balaban J connectivity index is 1.60. The van der Waals surface area contributed by atoms with E-state index < -0.39 is 11.9 Å². The molecular formula is C22H20F3N5O. The first-order valence-corrected chi connectivity index (χ1v) is 10.1. The zero-order chi connectivity index (χ0) is 21.8. The number of alkyl halides is 3. The summed E-state index contributed by atoms with van der Waals surface area (Å²) < 4.78 is 42.1. The fraction of sp³-hybridized carbons (Fsp3) is 0.318. The molecule has 0 aliphatic carbocycles. The predicted octanol–water partition coefficient (Wildman–Crippen LogP) is 3.77. The van der Waals surface area contributed by atoms with Gasteiger partial charge in [0, 0.05) is 30.9 Å². The first-order chi connectivity index (χ1) is 14.8. The van der Waals surface area contributed by atoms with E-state index in [1.54, 1.807) is 17.0 Å². The number of carbonyl (C=O) groups is 1. The van der Waals surface area contributed by atoms with E-state index >= 15 is 0 Å². The van der Waals surface area contributed by atoms with E-state index in [1.165, 1.54) is 6.20 Å². The van der Waals surface area contributed by atoms with Crippen molar-refractivity contribution in [3.63, 3.8) is 0 Å². The summed E-state index contributed by atoms with van der Waals surface area (Å²) in [6.45, 7) is 4.52. The second-order valence-corrected chi connectivity index (χ2v) is 7.88. The molecule has 1 saturated heterocycles. The average molecular weight is 427 g/mol. The molecule has 5 rings (SSSR count). The maximum atomic E-state index is 13.8. The predicted molar refractivity (Wildman–Crippen MR) is 108 cm³/mol. The quantitative estimate of drug-likeness (QED) is 0.625. The maximum absolute atomic E-state index is 13.8. The Labute approximate surface area is 176 Å². The van der Waals surface area contributed by atoms with E-state index in [1.807, 2.05) is 19.1 Å². The summed E-state index contributed by atoms with van der Waals surface area (Å²) >= 11 is 0. The number of nitrogens with zero attached hydrogens (tertiary/aromatic N) is 5. The highest BCUT2D eigenvalue weighted by Crippen LogP contribution is 2.33. The molecule has 0 saturated carbocycles. The van der Waals surface area contributed by atoms with Crippen LogP contribution in [0, 0.1) is 6.92 Å². The van der Waals surface area contributed by atoms with Crippen molar-refractivity contribution in [2.45, 2.75) is 19.5 Å². The lowest BCUT2D eigenvalue weighted by atomic mass is 10.1. The molecule has 0 atom stereocenters. The van der Waals surface area contributed by atoms with Gasteiger partial charge in [-0.3, -0.25) is 4.79 Å². The molecule has 2 aliphatic heterocycles. The van der Waals surface area contributed by atoms with Gasteiger partial charge in [-0.15, -0.1) is 0 Å². The van der Waals surface area contributed by atoms with E-state index in [9.17, 15) is 18.0 Å². The number of amides is 1. The van der Waals surface area contributed by atoms with E-state index in [4.69, 9.17) is 0 Å². The second-order valence-electron chi connectivity index (χ2n) is 7.88. The molecule has 31 heavy (non-hydrogen) atoms. The maximum Gasteiger partial charge on any atom is 0.433 e. The lowest BCUT2D eigenvalue weighted by Crippen LogP contribution is -2.45. The van der Waals surface area contributed by atoms with Crippen LogP contribution < -0.4 is 0 Å². The first kappa shape index (κ1) is 19.6. The Bertz CT molecular complexity index is 1200. The highest BCUT2D eigenvalue weighted by molar-refractivity contribution is 6.00. The Hall–Kier alpha value is -3.36. The Kier molecular flexibility index (Phi) is 4.49. The SMILES string of the molecule is Cc1ccc(-c2cc(C(F)(F)F)n3ncc(C(=O)N4CCN5CCC=C5C4)c3n2)cc1. The van der Waals surface area contributed by atoms with Crippen LogP contribution in [-0.4, -0.2) is 56.5 Å². The van der Waals surface area contributed by atoms with Crippen LogP contribution in [0.1, 0.15) is 28.0 Å². The fourth-order valence-electron chi connectivity index (χ4n) is 4.13. The van der Waals surface area contributed by atoms with Gasteiger partial charge >= 0.3 is 6.18 Å². The normalized spacial score (nSPS) is 16.6. The first-order valence-electron chi connectivity index (χ1n) is 10.1. The summed E-state index contributed by atoms with van der Waals surface area (Å²) in [5.41, 5.74) is 1.79. The number of fused-ring (bicyclic) bond motifs is 2. The number of hydrogen-bond acceptors (Lipinski definition) is 4. The third kappa shape index (κ3) is 3.43. The number of aryl methyl sites for hydroxylation is 1. The molecule has 160 valence electrons. The van der Waals surface area contributed by atoms with E-state index in [0.29, 0.717) is 25.2 Å². The van der Waals surface area contributed by atoms with Gasteiger partial charge in [0.05, 0.1) is 18.4 Å². The smallest absolute Gasteiger partial charge is 0.372 e. The largest absolute Gasteiger partial charge is 0.433 e. The molecule has 0 spiro atoms. The van der Waals surface area contributed by atoms with E-state index in [2.05, 4.69) is 21.1 Å². The molecule has 6 nitrogen and oxygen atoms in total. The summed E-state index contributed by atoms with van der Waals surface area (Å²) in [4.78, 5) is 21.5. The minimum absolute atomic E-state index is 0.0755. The topological polar surface area (TPSA) is 53.7 Å². The summed E-state index contributed by atoms with van der Waals surface area (Å²) in [5.74, 6) is -0.357. The van der Waals surface area contributed by atoms with Crippen molar-refractivity contribution in [1.82, 2.24) is 24.4 Å². The molecule has 0 unspecified atom stereocenters. The minimum atomic E-state index is -4.65. The zero-order valence-electron chi connectivity index (χ0n) is 16.9. The molecule has 1 aromatic carbocycles. The third-order valence-corrected chi connectivity index (χ3v) is 5.81. The number of piperazine rings is 1. The number of carbonyl (C=O) groups excluding carboxylic acids is 1. The van der Waals surface area contributed by atoms with Crippen LogP contribution >= 0.6 is 0 Å². The lowest BCUT2D eigenvalue weighted by molar-refractivity contribution is -0.142. The number of benzene rings is 1. The molecule has 2 aliphatic rings. The average Bonchev–Trinajstić information content (AvgIpc) is 3.38. The molecule has 4 heterocycles. The van der Waals surface area contributed by atoms with Crippen LogP contribution in [0.4, 0.5) is 13.2 Å². The number of aromatic nitrogens is 3. The van der Waals surface area contributed by atoms with Crippen molar-refractivity contribution in [1.29, 1.82) is 0 Å². The minimum Gasteiger partial charge on any atom is -0.372 e. The highest BCUT2D eigenvalue weighted by atomic mass is 19.4. The molecule has 0 N–H and O–H groups in total. The third-order valence-electron chi connectivity index (χ3n) is 5.81. The van der Waals surface area contributed by atoms with Crippen molar-refractivity contribution in [2.24, 2.45) is 0 Å². The van der Waals surface area contributed by atoms with E-state index in [-0.39, 0.29) is 22.8 Å². The van der Waals surface area contributed by atoms with Crippen LogP contribution in [0.25, 0.3) is 16.9 Å². The molecular weight excluding hydrogens is 407 g/mol. The molecule has 3 aromatic rings. The van der Waals surface area contributed by atoms with Gasteiger partial charge in [-0.25, -0.2) is 9.50 Å². The standard InChI is InChI=1S/C22H20F3N5O/c1-14-4-6-15(7-5-14)18-11-19(22(23,24)25)30-20(27-18)17(12-26-30)21(31)29-10-9-28-8-2-3-16(28)13-29/h3-7,11-12H,2,8-10,13H2,1H3. The summed E-state index contributed by atoms with van der Waals surface area (Å²) in [6.07, 6.45) is -0.406. The van der Waals surface area contributed by atoms with Gasteiger partial charge in [0.1, 0.15) is 5.56 Å². The van der Waals surface area contributed by atoms with Crippen molar-refractivity contribution in [2.75, 3.05) is 26.2 Å². The molecule has 9 heteroatoms.